The maximum Gasteiger partial charge on any atom is 0.164 e. The number of hydrogen-bond donors (Lipinski definition) is 1. The Balaban J connectivity index is 2.21. The maximum atomic E-state index is 9.24. The molecule has 0 radical (unpaired) electrons. The Morgan fingerprint density at radius 2 is 2.05 bits per heavy atom. The Morgan fingerprint density at radius 3 is 2.76 bits per heavy atom. The second-order valence-corrected chi connectivity index (χ2v) is 5.09. The van der Waals surface area contributed by atoms with Gasteiger partial charge in [0.2, 0.25) is 0 Å². The first-order chi connectivity index (χ1) is 10.2. The van der Waals surface area contributed by atoms with Crippen LogP contribution in [0.5, 0.6) is 0 Å². The molecule has 5 nitrogen and oxygen atoms in total. The molecule has 0 aliphatic heterocycles. The molecule has 0 unspecified atom stereocenters. The van der Waals surface area contributed by atoms with Gasteiger partial charge in [-0.05, 0) is 35.4 Å². The molecule has 0 amide bonds. The first-order valence-corrected chi connectivity index (χ1v) is 6.77. The predicted molar refractivity (Wildman–Crippen MR) is 80.6 cm³/mol. The molecule has 1 N–H and O–H groups in total. The molecule has 21 heavy (non-hydrogen) atoms. The second-order valence-electron chi connectivity index (χ2n) is 4.65. The highest BCUT2D eigenvalue weighted by molar-refractivity contribution is 6.31. The van der Waals surface area contributed by atoms with Gasteiger partial charge in [-0.3, -0.25) is 4.98 Å². The van der Waals surface area contributed by atoms with E-state index in [1.165, 1.54) is 0 Å². The molecule has 2 aromatic heterocycles. The summed E-state index contributed by atoms with van der Waals surface area (Å²) in [6.07, 6.45) is 3.32. The Kier molecular flexibility index (Phi) is 3.68. The first-order valence-electron chi connectivity index (χ1n) is 6.39. The van der Waals surface area contributed by atoms with E-state index >= 15 is 0 Å². The van der Waals surface area contributed by atoms with Crippen molar-refractivity contribution in [1.82, 2.24) is 19.7 Å². The fourth-order valence-electron chi connectivity index (χ4n) is 2.21. The van der Waals surface area contributed by atoms with E-state index in [0.29, 0.717) is 10.7 Å². The van der Waals surface area contributed by atoms with Gasteiger partial charge in [0.05, 0.1) is 12.3 Å². The minimum absolute atomic E-state index is 0.0965. The van der Waals surface area contributed by atoms with E-state index in [-0.39, 0.29) is 6.61 Å². The molecule has 2 heterocycles. The van der Waals surface area contributed by atoms with Crippen molar-refractivity contribution in [2.24, 2.45) is 7.05 Å². The van der Waals surface area contributed by atoms with Crippen LogP contribution in [0, 0.1) is 0 Å². The highest BCUT2D eigenvalue weighted by Crippen LogP contribution is 2.33. The summed E-state index contributed by atoms with van der Waals surface area (Å²) in [5, 5.41) is 17.9. The Hall–Kier alpha value is -2.24. The Labute approximate surface area is 126 Å². The first kappa shape index (κ1) is 13.7. The molecule has 3 aromatic rings. The smallest absolute Gasteiger partial charge is 0.164 e. The van der Waals surface area contributed by atoms with Gasteiger partial charge >= 0.3 is 0 Å². The van der Waals surface area contributed by atoms with Crippen LogP contribution >= 0.6 is 11.6 Å². The number of rotatable bonds is 3. The number of pyridine rings is 1. The van der Waals surface area contributed by atoms with Crippen molar-refractivity contribution >= 4 is 11.6 Å². The number of aromatic nitrogens is 4. The van der Waals surface area contributed by atoms with E-state index < -0.39 is 0 Å². The number of aliphatic hydroxyl groups excluding tert-OH is 1. The van der Waals surface area contributed by atoms with E-state index in [2.05, 4.69) is 15.2 Å². The zero-order valence-corrected chi connectivity index (χ0v) is 12.1. The van der Waals surface area contributed by atoms with Crippen LogP contribution in [-0.4, -0.2) is 24.9 Å². The monoisotopic (exact) mass is 300 g/mol. The molecular weight excluding hydrogens is 288 g/mol. The Morgan fingerprint density at radius 1 is 1.19 bits per heavy atom. The third kappa shape index (κ3) is 2.66. The van der Waals surface area contributed by atoms with Crippen LogP contribution in [0.25, 0.3) is 22.5 Å². The number of halogens is 1. The standard InChI is InChI=1S/C15H13ClN4O/c1-20-9-18-19-15(20)14-7-11(16)2-3-13(14)10-4-5-17-12(6-10)8-21/h2-7,9,21H,8H2,1H3. The molecule has 0 saturated heterocycles. The molecule has 1 aromatic carbocycles. The summed E-state index contributed by atoms with van der Waals surface area (Å²) in [5.41, 5.74) is 3.42. The number of hydrogen-bond acceptors (Lipinski definition) is 4. The molecule has 3 rings (SSSR count). The molecule has 0 atom stereocenters. The van der Waals surface area contributed by atoms with Gasteiger partial charge in [0.1, 0.15) is 6.33 Å². The van der Waals surface area contributed by atoms with Crippen molar-refractivity contribution in [3.05, 3.63) is 53.6 Å². The number of aliphatic hydroxyl groups is 1. The normalized spacial score (nSPS) is 10.8. The van der Waals surface area contributed by atoms with Crippen molar-refractivity contribution in [2.45, 2.75) is 6.61 Å². The maximum absolute atomic E-state index is 9.24. The summed E-state index contributed by atoms with van der Waals surface area (Å²) in [6, 6.07) is 9.37. The van der Waals surface area contributed by atoms with Gasteiger partial charge in [-0.1, -0.05) is 17.7 Å². The molecule has 0 aliphatic rings. The molecule has 0 aliphatic carbocycles. The lowest BCUT2D eigenvalue weighted by atomic mass is 9.99. The van der Waals surface area contributed by atoms with Crippen LogP contribution in [0.4, 0.5) is 0 Å². The van der Waals surface area contributed by atoms with Crippen LogP contribution in [0.1, 0.15) is 5.69 Å². The van der Waals surface area contributed by atoms with Gasteiger partial charge in [-0.25, -0.2) is 0 Å². The zero-order chi connectivity index (χ0) is 14.8. The molecule has 6 heteroatoms. The highest BCUT2D eigenvalue weighted by atomic mass is 35.5. The zero-order valence-electron chi connectivity index (χ0n) is 11.4. The lowest BCUT2D eigenvalue weighted by molar-refractivity contribution is 0.277. The molecule has 0 bridgehead atoms. The largest absolute Gasteiger partial charge is 0.390 e. The lowest BCUT2D eigenvalue weighted by Gasteiger charge is -2.10. The van der Waals surface area contributed by atoms with E-state index in [4.69, 9.17) is 11.6 Å². The summed E-state index contributed by atoms with van der Waals surface area (Å²) in [7, 11) is 1.88. The second kappa shape index (κ2) is 5.63. The van der Waals surface area contributed by atoms with Crippen LogP contribution in [-0.2, 0) is 13.7 Å². The topological polar surface area (TPSA) is 63.8 Å². The number of nitrogens with zero attached hydrogens (tertiary/aromatic N) is 4. The molecule has 106 valence electrons. The van der Waals surface area contributed by atoms with Crippen molar-refractivity contribution < 1.29 is 5.11 Å². The van der Waals surface area contributed by atoms with E-state index in [0.717, 1.165) is 22.5 Å². The average molecular weight is 301 g/mol. The summed E-state index contributed by atoms with van der Waals surface area (Å²) in [5.74, 6) is 0.731. The average Bonchev–Trinajstić information content (AvgIpc) is 2.93. The number of aryl methyl sites for hydroxylation is 1. The van der Waals surface area contributed by atoms with E-state index in [9.17, 15) is 5.11 Å². The van der Waals surface area contributed by atoms with Crippen LogP contribution < -0.4 is 0 Å². The minimum Gasteiger partial charge on any atom is -0.390 e. The van der Waals surface area contributed by atoms with Crippen molar-refractivity contribution in [3.63, 3.8) is 0 Å². The van der Waals surface area contributed by atoms with Crippen molar-refractivity contribution in [2.75, 3.05) is 0 Å². The van der Waals surface area contributed by atoms with Crippen molar-refractivity contribution in [3.8, 4) is 22.5 Å². The molecule has 0 spiro atoms. The highest BCUT2D eigenvalue weighted by Gasteiger charge is 2.13. The summed E-state index contributed by atoms with van der Waals surface area (Å²) in [4.78, 5) is 4.10. The minimum atomic E-state index is -0.0965. The van der Waals surface area contributed by atoms with Crippen molar-refractivity contribution in [1.29, 1.82) is 0 Å². The summed E-state index contributed by atoms with van der Waals surface area (Å²) >= 11 is 6.12. The van der Waals surface area contributed by atoms with Gasteiger partial charge in [0.25, 0.3) is 0 Å². The van der Waals surface area contributed by atoms with Gasteiger partial charge in [-0.2, -0.15) is 0 Å². The molecular formula is C15H13ClN4O. The van der Waals surface area contributed by atoms with Gasteiger partial charge in [-0.15, -0.1) is 10.2 Å². The Bertz CT molecular complexity index is 785. The lowest BCUT2D eigenvalue weighted by Crippen LogP contribution is -1.95. The predicted octanol–water partition coefficient (Wildman–Crippen LogP) is 2.69. The fourth-order valence-corrected chi connectivity index (χ4v) is 2.38. The van der Waals surface area contributed by atoms with Gasteiger partial charge in [0.15, 0.2) is 5.82 Å². The summed E-state index contributed by atoms with van der Waals surface area (Å²) in [6.45, 7) is -0.0965. The van der Waals surface area contributed by atoms with Crippen LogP contribution in [0.15, 0.2) is 42.9 Å². The van der Waals surface area contributed by atoms with E-state index in [1.54, 1.807) is 12.5 Å². The van der Waals surface area contributed by atoms with Crippen LogP contribution in [0.2, 0.25) is 5.02 Å². The third-order valence-corrected chi connectivity index (χ3v) is 3.46. The summed E-state index contributed by atoms with van der Waals surface area (Å²) < 4.78 is 1.84. The third-order valence-electron chi connectivity index (χ3n) is 3.22. The van der Waals surface area contributed by atoms with Gasteiger partial charge in [0, 0.05) is 23.8 Å². The fraction of sp³-hybridized carbons (Fsp3) is 0.133. The van der Waals surface area contributed by atoms with Gasteiger partial charge < -0.3 is 9.67 Å². The van der Waals surface area contributed by atoms with Crippen LogP contribution in [0.3, 0.4) is 0 Å². The quantitative estimate of drug-likeness (QED) is 0.808. The van der Waals surface area contributed by atoms with E-state index in [1.807, 2.05) is 41.9 Å². The number of benzene rings is 1. The SMILES string of the molecule is Cn1cnnc1-c1cc(Cl)ccc1-c1ccnc(CO)c1. The molecule has 0 saturated carbocycles. The molecule has 0 fully saturated rings.